The highest BCUT2D eigenvalue weighted by molar-refractivity contribution is 5.89. The smallest absolute Gasteiger partial charge is 0.408 e. The second-order valence-corrected chi connectivity index (χ2v) is 6.06. The summed E-state index contributed by atoms with van der Waals surface area (Å²) in [6.07, 6.45) is 5.73. The molecular weight excluding hydrogens is 280 g/mol. The molecule has 0 aromatic heterocycles. The van der Waals surface area contributed by atoms with Gasteiger partial charge in [-0.25, -0.2) is 4.79 Å². The van der Waals surface area contributed by atoms with Gasteiger partial charge in [-0.3, -0.25) is 4.79 Å². The van der Waals surface area contributed by atoms with E-state index >= 15 is 0 Å². The number of carbonyl (C=O) groups excluding carboxylic acids is 2. The van der Waals surface area contributed by atoms with Crippen LogP contribution in [0.3, 0.4) is 0 Å². The first kappa shape index (κ1) is 14.9. The lowest BCUT2D eigenvalue weighted by molar-refractivity contribution is -0.124. The summed E-state index contributed by atoms with van der Waals surface area (Å²) in [5.74, 6) is -0.147. The Kier molecular flexibility index (Phi) is 4.61. The summed E-state index contributed by atoms with van der Waals surface area (Å²) >= 11 is 0. The highest BCUT2D eigenvalue weighted by atomic mass is 16.6. The second-order valence-electron chi connectivity index (χ2n) is 6.06. The lowest BCUT2D eigenvalue weighted by Crippen LogP contribution is -2.47. The van der Waals surface area contributed by atoms with E-state index in [2.05, 4.69) is 10.6 Å². The standard InChI is InChI=1S/C17H22N2O3/c20-16(18-13-10-6-1-2-7-11-13)14-15(22-17(21)19-14)12-8-4-3-5-9-12/h3-5,8-9,13-15H,1-2,6-7,10-11H2,(H,18,20)(H,19,21). The SMILES string of the molecule is O=C1NC(C(=O)NC2CCCCCC2)C(c2ccccc2)O1. The first-order valence-corrected chi connectivity index (χ1v) is 8.06. The van der Waals surface area contributed by atoms with Crippen molar-refractivity contribution in [3.63, 3.8) is 0 Å². The molecule has 2 unspecified atom stereocenters. The van der Waals surface area contributed by atoms with Crippen molar-refractivity contribution in [1.29, 1.82) is 0 Å². The van der Waals surface area contributed by atoms with E-state index in [1.165, 1.54) is 12.8 Å². The van der Waals surface area contributed by atoms with Crippen LogP contribution in [0.5, 0.6) is 0 Å². The number of amides is 2. The molecule has 5 nitrogen and oxygen atoms in total. The number of benzene rings is 1. The Labute approximate surface area is 130 Å². The van der Waals surface area contributed by atoms with Crippen LogP contribution in [-0.4, -0.2) is 24.1 Å². The Morgan fingerprint density at radius 3 is 2.45 bits per heavy atom. The zero-order chi connectivity index (χ0) is 15.4. The number of alkyl carbamates (subject to hydrolysis) is 1. The molecule has 3 rings (SSSR count). The Bertz CT molecular complexity index is 524. The number of rotatable bonds is 3. The maximum Gasteiger partial charge on any atom is 0.408 e. The summed E-state index contributed by atoms with van der Waals surface area (Å²) in [6, 6.07) is 8.95. The lowest BCUT2D eigenvalue weighted by Gasteiger charge is -2.21. The van der Waals surface area contributed by atoms with E-state index in [0.29, 0.717) is 0 Å². The van der Waals surface area contributed by atoms with Crippen molar-refractivity contribution in [2.45, 2.75) is 56.7 Å². The van der Waals surface area contributed by atoms with E-state index in [4.69, 9.17) is 4.74 Å². The van der Waals surface area contributed by atoms with E-state index in [9.17, 15) is 9.59 Å². The van der Waals surface area contributed by atoms with Crippen LogP contribution in [0.15, 0.2) is 30.3 Å². The molecule has 5 heteroatoms. The van der Waals surface area contributed by atoms with Gasteiger partial charge in [0.1, 0.15) is 0 Å². The van der Waals surface area contributed by atoms with Crippen molar-refractivity contribution in [2.24, 2.45) is 0 Å². The Morgan fingerprint density at radius 1 is 1.09 bits per heavy atom. The quantitative estimate of drug-likeness (QED) is 0.844. The molecule has 0 spiro atoms. The topological polar surface area (TPSA) is 67.4 Å². The fourth-order valence-corrected chi connectivity index (χ4v) is 3.24. The van der Waals surface area contributed by atoms with Gasteiger partial charge in [0, 0.05) is 6.04 Å². The third kappa shape index (κ3) is 3.40. The third-order valence-corrected chi connectivity index (χ3v) is 4.42. The number of hydrogen-bond acceptors (Lipinski definition) is 3. The fraction of sp³-hybridized carbons (Fsp3) is 0.529. The van der Waals surface area contributed by atoms with Gasteiger partial charge >= 0.3 is 6.09 Å². The van der Waals surface area contributed by atoms with Crippen molar-refractivity contribution in [2.75, 3.05) is 0 Å². The number of hydrogen-bond donors (Lipinski definition) is 2. The average molecular weight is 302 g/mol. The Hall–Kier alpha value is -2.04. The molecule has 1 saturated heterocycles. The summed E-state index contributed by atoms with van der Waals surface area (Å²) < 4.78 is 5.28. The van der Waals surface area contributed by atoms with Crippen LogP contribution in [0.4, 0.5) is 4.79 Å². The van der Waals surface area contributed by atoms with E-state index in [0.717, 1.165) is 31.2 Å². The second kappa shape index (κ2) is 6.81. The summed E-state index contributed by atoms with van der Waals surface area (Å²) in [4.78, 5) is 24.1. The van der Waals surface area contributed by atoms with E-state index in [-0.39, 0.29) is 11.9 Å². The monoisotopic (exact) mass is 302 g/mol. The van der Waals surface area contributed by atoms with Crippen molar-refractivity contribution in [1.82, 2.24) is 10.6 Å². The first-order valence-electron chi connectivity index (χ1n) is 8.06. The summed E-state index contributed by atoms with van der Waals surface area (Å²) in [6.45, 7) is 0. The van der Waals surface area contributed by atoms with Crippen LogP contribution in [-0.2, 0) is 9.53 Å². The van der Waals surface area contributed by atoms with Crippen LogP contribution in [0, 0.1) is 0 Å². The van der Waals surface area contributed by atoms with Gasteiger partial charge in [0.05, 0.1) is 0 Å². The minimum Gasteiger partial charge on any atom is -0.439 e. The largest absolute Gasteiger partial charge is 0.439 e. The van der Waals surface area contributed by atoms with Crippen molar-refractivity contribution in [3.05, 3.63) is 35.9 Å². The van der Waals surface area contributed by atoms with Gasteiger partial charge in [-0.15, -0.1) is 0 Å². The minimum absolute atomic E-state index is 0.147. The van der Waals surface area contributed by atoms with Crippen molar-refractivity contribution >= 4 is 12.0 Å². The fourth-order valence-electron chi connectivity index (χ4n) is 3.24. The zero-order valence-corrected chi connectivity index (χ0v) is 12.6. The van der Waals surface area contributed by atoms with E-state index < -0.39 is 18.2 Å². The number of nitrogens with one attached hydrogen (secondary N) is 2. The van der Waals surface area contributed by atoms with E-state index in [1.807, 2.05) is 30.3 Å². The molecule has 1 aromatic rings. The molecule has 2 atom stereocenters. The molecule has 2 N–H and O–H groups in total. The number of cyclic esters (lactones) is 1. The molecule has 2 aliphatic rings. The molecule has 0 bridgehead atoms. The van der Waals surface area contributed by atoms with Crippen molar-refractivity contribution in [3.8, 4) is 0 Å². The molecule has 2 fully saturated rings. The third-order valence-electron chi connectivity index (χ3n) is 4.42. The molecule has 22 heavy (non-hydrogen) atoms. The van der Waals surface area contributed by atoms with Gasteiger partial charge in [-0.1, -0.05) is 56.0 Å². The molecule has 118 valence electrons. The predicted octanol–water partition coefficient (Wildman–Crippen LogP) is 2.68. The van der Waals surface area contributed by atoms with Gasteiger partial charge < -0.3 is 15.4 Å². The molecule has 2 amide bonds. The Balaban J connectivity index is 1.68. The highest BCUT2D eigenvalue weighted by Crippen LogP contribution is 2.27. The molecule has 1 heterocycles. The molecule has 1 aromatic carbocycles. The maximum absolute atomic E-state index is 12.5. The first-order chi connectivity index (χ1) is 10.7. The predicted molar refractivity (Wildman–Crippen MR) is 82.2 cm³/mol. The number of carbonyl (C=O) groups is 2. The van der Waals surface area contributed by atoms with Gasteiger partial charge in [0.2, 0.25) is 5.91 Å². The van der Waals surface area contributed by atoms with Crippen LogP contribution in [0.25, 0.3) is 0 Å². The molecule has 1 saturated carbocycles. The molecule has 1 aliphatic heterocycles. The normalized spacial score (nSPS) is 25.9. The minimum atomic E-state index is -0.654. The van der Waals surface area contributed by atoms with Gasteiger partial charge in [0.25, 0.3) is 0 Å². The molecule has 1 aliphatic carbocycles. The molecular formula is C17H22N2O3. The molecule has 0 radical (unpaired) electrons. The summed E-state index contributed by atoms with van der Waals surface area (Å²) in [5.41, 5.74) is 0.835. The zero-order valence-electron chi connectivity index (χ0n) is 12.6. The average Bonchev–Trinajstić information content (AvgIpc) is 2.75. The van der Waals surface area contributed by atoms with Crippen LogP contribution in [0.1, 0.15) is 50.2 Å². The van der Waals surface area contributed by atoms with Crippen molar-refractivity contribution < 1.29 is 14.3 Å². The highest BCUT2D eigenvalue weighted by Gasteiger charge is 2.40. The van der Waals surface area contributed by atoms with Gasteiger partial charge in [-0.2, -0.15) is 0 Å². The van der Waals surface area contributed by atoms with Crippen LogP contribution in [0.2, 0.25) is 0 Å². The Morgan fingerprint density at radius 2 is 1.77 bits per heavy atom. The maximum atomic E-state index is 12.5. The van der Waals surface area contributed by atoms with E-state index in [1.54, 1.807) is 0 Å². The van der Waals surface area contributed by atoms with Gasteiger partial charge in [-0.05, 0) is 18.4 Å². The summed E-state index contributed by atoms with van der Waals surface area (Å²) in [7, 11) is 0. The van der Waals surface area contributed by atoms with Crippen LogP contribution < -0.4 is 10.6 Å². The van der Waals surface area contributed by atoms with Crippen LogP contribution >= 0.6 is 0 Å². The number of ether oxygens (including phenoxy) is 1. The summed E-state index contributed by atoms with van der Waals surface area (Å²) in [5, 5.41) is 5.72. The van der Waals surface area contributed by atoms with Gasteiger partial charge in [0.15, 0.2) is 12.1 Å². The lowest BCUT2D eigenvalue weighted by atomic mass is 10.0.